The summed E-state index contributed by atoms with van der Waals surface area (Å²) in [5.74, 6) is -0.815. The molecule has 2 amide bonds. The Labute approximate surface area is 201 Å². The van der Waals surface area contributed by atoms with Gasteiger partial charge in [-0.05, 0) is 30.5 Å². The highest BCUT2D eigenvalue weighted by Crippen LogP contribution is 2.18. The molecule has 0 unspecified atom stereocenters. The van der Waals surface area contributed by atoms with Crippen molar-refractivity contribution in [2.45, 2.75) is 52.1 Å². The first kappa shape index (κ1) is 25.2. The summed E-state index contributed by atoms with van der Waals surface area (Å²) in [5.41, 5.74) is 3.30. The van der Waals surface area contributed by atoms with Gasteiger partial charge in [0.15, 0.2) is 0 Å². The quantitative estimate of drug-likeness (QED) is 0.398. The van der Waals surface area contributed by atoms with E-state index in [1.54, 1.807) is 18.2 Å². The molecule has 3 aromatic carbocycles. The van der Waals surface area contributed by atoms with Crippen molar-refractivity contribution >= 4 is 11.8 Å². The number of halogens is 1. The maximum atomic E-state index is 14.6. The number of rotatable bonds is 11. The van der Waals surface area contributed by atoms with Crippen molar-refractivity contribution in [2.24, 2.45) is 0 Å². The van der Waals surface area contributed by atoms with Gasteiger partial charge in [-0.3, -0.25) is 9.59 Å². The van der Waals surface area contributed by atoms with E-state index in [1.165, 1.54) is 11.0 Å². The molecule has 0 aliphatic heterocycles. The molecule has 0 heterocycles. The third kappa shape index (κ3) is 7.27. The maximum Gasteiger partial charge on any atom is 0.243 e. The average molecular weight is 461 g/mol. The Morgan fingerprint density at radius 1 is 0.912 bits per heavy atom. The lowest BCUT2D eigenvalue weighted by Gasteiger charge is -2.32. The highest BCUT2D eigenvalue weighted by molar-refractivity contribution is 5.88. The van der Waals surface area contributed by atoms with Gasteiger partial charge in [0.2, 0.25) is 11.8 Å². The van der Waals surface area contributed by atoms with Gasteiger partial charge in [-0.15, -0.1) is 0 Å². The number of hydrogen-bond acceptors (Lipinski definition) is 2. The Balaban J connectivity index is 1.94. The van der Waals surface area contributed by atoms with Crippen LogP contribution in [0.15, 0.2) is 78.9 Å². The standard InChI is InChI=1S/C29H33FN2O2/c1-3-4-18-31-29(34)27(19-23-10-6-5-7-11-23)32(21-25-12-8-9-13-26(25)30)28(33)20-24-16-14-22(2)15-17-24/h5-17,27H,3-4,18-21H2,1-2H3,(H,31,34)/t27-/m0/s1. The van der Waals surface area contributed by atoms with Crippen molar-refractivity contribution in [1.29, 1.82) is 0 Å². The molecule has 0 aromatic heterocycles. The molecule has 34 heavy (non-hydrogen) atoms. The zero-order valence-electron chi connectivity index (χ0n) is 20.0. The third-order valence-corrected chi connectivity index (χ3v) is 5.88. The van der Waals surface area contributed by atoms with Crippen molar-refractivity contribution in [3.05, 3.63) is 107 Å². The number of carbonyl (C=O) groups excluding carboxylic acids is 2. The highest BCUT2D eigenvalue weighted by Gasteiger charge is 2.30. The van der Waals surface area contributed by atoms with Crippen molar-refractivity contribution in [3.8, 4) is 0 Å². The molecule has 1 N–H and O–H groups in total. The lowest BCUT2D eigenvalue weighted by Crippen LogP contribution is -2.51. The normalized spacial score (nSPS) is 11.6. The van der Waals surface area contributed by atoms with Crippen LogP contribution < -0.4 is 5.32 Å². The van der Waals surface area contributed by atoms with Crippen molar-refractivity contribution in [1.82, 2.24) is 10.2 Å². The SMILES string of the molecule is CCCCNC(=O)[C@H](Cc1ccccc1)N(Cc1ccccc1F)C(=O)Cc1ccc(C)cc1. The Kier molecular flexibility index (Phi) is 9.39. The minimum atomic E-state index is -0.753. The van der Waals surface area contributed by atoms with E-state index in [-0.39, 0.29) is 30.6 Å². The largest absolute Gasteiger partial charge is 0.354 e. The summed E-state index contributed by atoms with van der Waals surface area (Å²) >= 11 is 0. The van der Waals surface area contributed by atoms with Gasteiger partial charge in [-0.2, -0.15) is 0 Å². The number of benzene rings is 3. The Morgan fingerprint density at radius 2 is 1.59 bits per heavy atom. The van der Waals surface area contributed by atoms with Crippen LogP contribution in [0.25, 0.3) is 0 Å². The fraction of sp³-hybridized carbons (Fsp3) is 0.310. The van der Waals surface area contributed by atoms with Gasteiger partial charge in [0.25, 0.3) is 0 Å². The Hall–Kier alpha value is -3.47. The van der Waals surface area contributed by atoms with Crippen LogP contribution in [0.4, 0.5) is 4.39 Å². The minimum absolute atomic E-state index is 0.0239. The monoisotopic (exact) mass is 460 g/mol. The first-order valence-electron chi connectivity index (χ1n) is 11.9. The molecular weight excluding hydrogens is 427 g/mol. The van der Waals surface area contributed by atoms with Crippen LogP contribution in [0, 0.1) is 12.7 Å². The summed E-state index contributed by atoms with van der Waals surface area (Å²) in [6, 6.07) is 23.0. The second-order valence-corrected chi connectivity index (χ2v) is 8.63. The number of nitrogens with zero attached hydrogens (tertiary/aromatic N) is 1. The third-order valence-electron chi connectivity index (χ3n) is 5.88. The fourth-order valence-electron chi connectivity index (χ4n) is 3.85. The first-order valence-corrected chi connectivity index (χ1v) is 11.9. The van der Waals surface area contributed by atoms with Gasteiger partial charge in [0.05, 0.1) is 6.42 Å². The van der Waals surface area contributed by atoms with E-state index in [2.05, 4.69) is 12.2 Å². The summed E-state index contributed by atoms with van der Waals surface area (Å²) < 4.78 is 14.6. The number of aryl methyl sites for hydroxylation is 1. The van der Waals surface area contributed by atoms with Crippen molar-refractivity contribution in [2.75, 3.05) is 6.54 Å². The lowest BCUT2D eigenvalue weighted by molar-refractivity contribution is -0.140. The van der Waals surface area contributed by atoms with E-state index >= 15 is 0 Å². The van der Waals surface area contributed by atoms with E-state index in [0.717, 1.165) is 29.5 Å². The number of unbranched alkanes of at least 4 members (excludes halogenated alkanes) is 1. The predicted octanol–water partition coefficient (Wildman–Crippen LogP) is 5.23. The molecule has 0 fully saturated rings. The molecule has 0 aliphatic carbocycles. The topological polar surface area (TPSA) is 49.4 Å². The zero-order valence-corrected chi connectivity index (χ0v) is 20.0. The van der Waals surface area contributed by atoms with Gasteiger partial charge in [-0.1, -0.05) is 91.7 Å². The van der Waals surface area contributed by atoms with Crippen LogP contribution in [0.3, 0.4) is 0 Å². The molecule has 0 aliphatic rings. The Morgan fingerprint density at radius 3 is 2.26 bits per heavy atom. The van der Waals surface area contributed by atoms with E-state index in [1.807, 2.05) is 61.5 Å². The summed E-state index contributed by atoms with van der Waals surface area (Å²) in [6.07, 6.45) is 2.30. The molecular formula is C29H33FN2O2. The van der Waals surface area contributed by atoms with Crippen molar-refractivity contribution < 1.29 is 14.0 Å². The summed E-state index contributed by atoms with van der Waals surface area (Å²) in [6.45, 7) is 4.62. The van der Waals surface area contributed by atoms with Gasteiger partial charge < -0.3 is 10.2 Å². The van der Waals surface area contributed by atoms with Crippen LogP contribution in [0.5, 0.6) is 0 Å². The molecule has 0 saturated heterocycles. The van der Waals surface area contributed by atoms with Crippen molar-refractivity contribution in [3.63, 3.8) is 0 Å². The smallest absolute Gasteiger partial charge is 0.243 e. The van der Waals surface area contributed by atoms with E-state index in [0.29, 0.717) is 18.5 Å². The number of carbonyl (C=O) groups is 2. The number of hydrogen-bond donors (Lipinski definition) is 1. The molecule has 0 spiro atoms. The summed E-state index contributed by atoms with van der Waals surface area (Å²) in [7, 11) is 0. The van der Waals surface area contributed by atoms with Gasteiger partial charge in [0.1, 0.15) is 11.9 Å². The van der Waals surface area contributed by atoms with Crippen LogP contribution in [0.2, 0.25) is 0 Å². The van der Waals surface area contributed by atoms with Crippen LogP contribution in [0.1, 0.15) is 42.0 Å². The van der Waals surface area contributed by atoms with E-state index in [9.17, 15) is 14.0 Å². The van der Waals surface area contributed by atoms with E-state index < -0.39 is 6.04 Å². The fourth-order valence-corrected chi connectivity index (χ4v) is 3.85. The second kappa shape index (κ2) is 12.7. The Bertz CT molecular complexity index is 1070. The van der Waals surface area contributed by atoms with Crippen LogP contribution in [-0.4, -0.2) is 29.3 Å². The lowest BCUT2D eigenvalue weighted by atomic mass is 10.0. The molecule has 1 atom stereocenters. The van der Waals surface area contributed by atoms with Crippen LogP contribution >= 0.6 is 0 Å². The molecule has 4 nitrogen and oxygen atoms in total. The molecule has 0 bridgehead atoms. The maximum absolute atomic E-state index is 14.6. The first-order chi connectivity index (χ1) is 16.5. The molecule has 5 heteroatoms. The molecule has 0 radical (unpaired) electrons. The van der Waals surface area contributed by atoms with Gasteiger partial charge in [0, 0.05) is 25.1 Å². The number of nitrogens with one attached hydrogen (secondary N) is 1. The highest BCUT2D eigenvalue weighted by atomic mass is 19.1. The van der Waals surface area contributed by atoms with Gasteiger partial charge in [-0.25, -0.2) is 4.39 Å². The molecule has 178 valence electrons. The summed E-state index contributed by atoms with van der Waals surface area (Å²) in [4.78, 5) is 28.5. The molecule has 3 aromatic rings. The second-order valence-electron chi connectivity index (χ2n) is 8.63. The van der Waals surface area contributed by atoms with Gasteiger partial charge >= 0.3 is 0 Å². The molecule has 3 rings (SSSR count). The predicted molar refractivity (Wildman–Crippen MR) is 134 cm³/mol. The molecule has 0 saturated carbocycles. The zero-order chi connectivity index (χ0) is 24.3. The summed E-state index contributed by atoms with van der Waals surface area (Å²) in [5, 5.41) is 2.98. The average Bonchev–Trinajstić information content (AvgIpc) is 2.84. The minimum Gasteiger partial charge on any atom is -0.354 e. The van der Waals surface area contributed by atoms with E-state index in [4.69, 9.17) is 0 Å². The number of amides is 2. The van der Waals surface area contributed by atoms with Crippen LogP contribution in [-0.2, 0) is 29.0 Å².